The summed E-state index contributed by atoms with van der Waals surface area (Å²) in [5.41, 5.74) is 0. The topological polar surface area (TPSA) is 49.6 Å². The molecule has 3 unspecified atom stereocenters. The highest BCUT2D eigenvalue weighted by atomic mass is 16.2. The van der Waals surface area contributed by atoms with E-state index in [1.165, 1.54) is 30.7 Å². The third-order valence-corrected chi connectivity index (χ3v) is 4.68. The third-order valence-electron chi connectivity index (χ3n) is 4.68. The first kappa shape index (κ1) is 10.4. The molecular formula is C12H21N3O. The lowest BCUT2D eigenvalue weighted by atomic mass is 9.88. The number of rotatable bonds is 2. The number of hydrogen-bond donors (Lipinski definition) is 1. The molecule has 3 atom stereocenters. The van der Waals surface area contributed by atoms with Crippen LogP contribution in [0.2, 0.25) is 0 Å². The van der Waals surface area contributed by atoms with Crippen LogP contribution in [0.3, 0.4) is 0 Å². The van der Waals surface area contributed by atoms with E-state index in [4.69, 9.17) is 5.84 Å². The Morgan fingerprint density at radius 1 is 1.25 bits per heavy atom. The molecule has 16 heavy (non-hydrogen) atoms. The molecule has 4 nitrogen and oxygen atoms in total. The maximum atomic E-state index is 11.8. The Morgan fingerprint density at radius 2 is 2.12 bits per heavy atom. The van der Waals surface area contributed by atoms with Gasteiger partial charge in [0.15, 0.2) is 0 Å². The van der Waals surface area contributed by atoms with Crippen molar-refractivity contribution in [1.82, 2.24) is 9.91 Å². The number of nitrogens with zero attached hydrogens (tertiary/aromatic N) is 2. The molecule has 1 heterocycles. The van der Waals surface area contributed by atoms with Gasteiger partial charge in [0.05, 0.1) is 0 Å². The minimum Gasteiger partial charge on any atom is -0.323 e. The maximum absolute atomic E-state index is 11.8. The van der Waals surface area contributed by atoms with Gasteiger partial charge in [0, 0.05) is 19.6 Å². The maximum Gasteiger partial charge on any atom is 0.334 e. The molecule has 3 rings (SSSR count). The van der Waals surface area contributed by atoms with Crippen LogP contribution in [0.1, 0.15) is 32.1 Å². The summed E-state index contributed by atoms with van der Waals surface area (Å²) in [5.74, 6) is 8.28. The van der Waals surface area contributed by atoms with E-state index in [2.05, 4.69) is 0 Å². The van der Waals surface area contributed by atoms with Crippen molar-refractivity contribution < 1.29 is 4.79 Å². The first-order valence-electron chi connectivity index (χ1n) is 6.55. The van der Waals surface area contributed by atoms with Gasteiger partial charge < -0.3 is 4.90 Å². The number of hydrazine groups is 1. The molecule has 0 radical (unpaired) electrons. The Labute approximate surface area is 96.7 Å². The molecule has 2 N–H and O–H groups in total. The first-order valence-corrected chi connectivity index (χ1v) is 6.55. The van der Waals surface area contributed by atoms with Gasteiger partial charge in [0.25, 0.3) is 0 Å². The van der Waals surface area contributed by atoms with Crippen molar-refractivity contribution in [3.05, 3.63) is 0 Å². The van der Waals surface area contributed by atoms with Gasteiger partial charge in [-0.1, -0.05) is 6.42 Å². The number of urea groups is 1. The van der Waals surface area contributed by atoms with Crippen LogP contribution >= 0.6 is 0 Å². The van der Waals surface area contributed by atoms with Crippen LogP contribution in [0.5, 0.6) is 0 Å². The smallest absolute Gasteiger partial charge is 0.323 e. The normalized spacial score (nSPS) is 38.6. The molecule has 2 amide bonds. The summed E-state index contributed by atoms with van der Waals surface area (Å²) in [4.78, 5) is 13.8. The van der Waals surface area contributed by atoms with Crippen molar-refractivity contribution in [2.24, 2.45) is 23.6 Å². The number of carbonyl (C=O) groups is 1. The van der Waals surface area contributed by atoms with Crippen molar-refractivity contribution in [2.75, 3.05) is 19.6 Å². The van der Waals surface area contributed by atoms with Crippen molar-refractivity contribution >= 4 is 6.03 Å². The molecule has 0 aromatic rings. The molecule has 3 fully saturated rings. The monoisotopic (exact) mass is 223 g/mol. The van der Waals surface area contributed by atoms with Gasteiger partial charge in [-0.15, -0.1) is 0 Å². The summed E-state index contributed by atoms with van der Waals surface area (Å²) in [6.07, 6.45) is 6.60. The molecule has 90 valence electrons. The number of hydrogen-bond acceptors (Lipinski definition) is 2. The van der Waals surface area contributed by atoms with Crippen LogP contribution < -0.4 is 5.84 Å². The minimum atomic E-state index is 0.0361. The van der Waals surface area contributed by atoms with Crippen molar-refractivity contribution in [3.63, 3.8) is 0 Å². The number of amides is 2. The van der Waals surface area contributed by atoms with Crippen molar-refractivity contribution in [3.8, 4) is 0 Å². The van der Waals surface area contributed by atoms with Crippen LogP contribution in [0.4, 0.5) is 4.79 Å². The molecule has 4 heteroatoms. The summed E-state index contributed by atoms with van der Waals surface area (Å²) >= 11 is 0. The predicted octanol–water partition coefficient (Wildman–Crippen LogP) is 1.42. The second kappa shape index (κ2) is 3.91. The zero-order valence-electron chi connectivity index (χ0n) is 9.77. The van der Waals surface area contributed by atoms with Gasteiger partial charge in [0.1, 0.15) is 0 Å². The van der Waals surface area contributed by atoms with Gasteiger partial charge >= 0.3 is 6.03 Å². The quantitative estimate of drug-likeness (QED) is 0.568. The van der Waals surface area contributed by atoms with E-state index in [1.807, 2.05) is 4.90 Å². The van der Waals surface area contributed by atoms with Gasteiger partial charge in [-0.05, 0) is 43.4 Å². The second-order valence-corrected chi connectivity index (χ2v) is 5.71. The van der Waals surface area contributed by atoms with Gasteiger partial charge in [-0.2, -0.15) is 0 Å². The lowest BCUT2D eigenvalue weighted by Gasteiger charge is -2.36. The van der Waals surface area contributed by atoms with Crippen LogP contribution in [0.25, 0.3) is 0 Å². The fourth-order valence-electron chi connectivity index (χ4n) is 3.86. The number of fused-ring (bicyclic) bond motifs is 2. The van der Waals surface area contributed by atoms with E-state index in [1.54, 1.807) is 0 Å². The molecule has 2 bridgehead atoms. The molecule has 1 aliphatic heterocycles. The molecule has 0 aromatic heterocycles. The SMILES string of the molecule is NN1CCCN(CC2CC3CCC2C3)C1=O. The van der Waals surface area contributed by atoms with Gasteiger partial charge in [0.2, 0.25) is 0 Å². The molecule has 0 aromatic carbocycles. The van der Waals surface area contributed by atoms with Gasteiger partial charge in [-0.25, -0.2) is 10.6 Å². The van der Waals surface area contributed by atoms with Crippen LogP contribution in [-0.2, 0) is 0 Å². The highest BCUT2D eigenvalue weighted by Crippen LogP contribution is 2.48. The fourth-order valence-corrected chi connectivity index (χ4v) is 3.86. The van der Waals surface area contributed by atoms with E-state index < -0.39 is 0 Å². The highest BCUT2D eigenvalue weighted by molar-refractivity contribution is 5.74. The summed E-state index contributed by atoms with van der Waals surface area (Å²) in [7, 11) is 0. The second-order valence-electron chi connectivity index (χ2n) is 5.71. The van der Waals surface area contributed by atoms with E-state index in [-0.39, 0.29) is 6.03 Å². The third kappa shape index (κ3) is 1.69. The molecule has 2 aliphatic carbocycles. The molecular weight excluding hydrogens is 202 g/mol. The molecule has 0 spiro atoms. The van der Waals surface area contributed by atoms with E-state index in [0.717, 1.165) is 37.3 Å². The van der Waals surface area contributed by atoms with E-state index in [9.17, 15) is 4.79 Å². The van der Waals surface area contributed by atoms with E-state index in [0.29, 0.717) is 6.54 Å². The largest absolute Gasteiger partial charge is 0.334 e. The highest BCUT2D eigenvalue weighted by Gasteiger charge is 2.41. The van der Waals surface area contributed by atoms with E-state index >= 15 is 0 Å². The standard InChI is InChI=1S/C12H21N3O/c13-15-5-1-4-14(12(15)16)8-11-7-9-2-3-10(11)6-9/h9-11H,1-8,13H2. The predicted molar refractivity (Wildman–Crippen MR) is 61.4 cm³/mol. The zero-order valence-corrected chi connectivity index (χ0v) is 9.77. The lowest BCUT2D eigenvalue weighted by Crippen LogP contribution is -2.53. The summed E-state index contributed by atoms with van der Waals surface area (Å²) in [5, 5.41) is 1.37. The van der Waals surface area contributed by atoms with Crippen LogP contribution in [0.15, 0.2) is 0 Å². The molecule has 2 saturated carbocycles. The number of carbonyl (C=O) groups excluding carboxylic acids is 1. The Hall–Kier alpha value is -0.770. The molecule has 3 aliphatic rings. The van der Waals surface area contributed by atoms with Crippen LogP contribution in [0, 0.1) is 17.8 Å². The Kier molecular flexibility index (Phi) is 2.54. The molecule has 1 saturated heterocycles. The summed E-state index contributed by atoms with van der Waals surface area (Å²) in [6, 6.07) is 0.0361. The number of nitrogens with two attached hydrogens (primary N) is 1. The Bertz CT molecular complexity index is 294. The lowest BCUT2D eigenvalue weighted by molar-refractivity contribution is 0.114. The summed E-state index contributed by atoms with van der Waals surface area (Å²) < 4.78 is 0. The Balaban J connectivity index is 1.60. The van der Waals surface area contributed by atoms with Crippen LogP contribution in [-0.4, -0.2) is 35.6 Å². The van der Waals surface area contributed by atoms with Gasteiger partial charge in [-0.3, -0.25) is 5.01 Å². The Morgan fingerprint density at radius 3 is 2.81 bits per heavy atom. The zero-order chi connectivity index (χ0) is 11.1. The average molecular weight is 223 g/mol. The van der Waals surface area contributed by atoms with Crippen molar-refractivity contribution in [1.29, 1.82) is 0 Å². The minimum absolute atomic E-state index is 0.0361. The fraction of sp³-hybridized carbons (Fsp3) is 0.917. The first-order chi connectivity index (χ1) is 7.74. The average Bonchev–Trinajstić information content (AvgIpc) is 2.86. The van der Waals surface area contributed by atoms with Crippen molar-refractivity contribution in [2.45, 2.75) is 32.1 Å². The summed E-state index contributed by atoms with van der Waals surface area (Å²) in [6.45, 7) is 2.57.